The summed E-state index contributed by atoms with van der Waals surface area (Å²) in [5, 5.41) is 2.02. The maximum Gasteiger partial charge on any atom is 0.394 e. The van der Waals surface area contributed by atoms with E-state index < -0.39 is 19.7 Å². The molecule has 190 valence electrons. The van der Waals surface area contributed by atoms with Gasteiger partial charge in [-0.1, -0.05) is 18.2 Å². The summed E-state index contributed by atoms with van der Waals surface area (Å²) in [6.07, 6.45) is 2.14. The second-order valence-electron chi connectivity index (χ2n) is 8.96. The number of alkyl halides is 2. The minimum Gasteiger partial charge on any atom is -0.494 e. The van der Waals surface area contributed by atoms with E-state index in [1.807, 2.05) is 44.2 Å². The number of nitrogen functional groups attached to an aromatic ring is 1. The van der Waals surface area contributed by atoms with Crippen molar-refractivity contribution in [3.05, 3.63) is 70.9 Å². The van der Waals surface area contributed by atoms with Crippen LogP contribution in [-0.2, 0) is 17.4 Å². The van der Waals surface area contributed by atoms with Crippen molar-refractivity contribution in [3.63, 3.8) is 0 Å². The Balaban J connectivity index is 1.46. The molecular formula is C26H28F2N3O4P. The van der Waals surface area contributed by atoms with Gasteiger partial charge < -0.3 is 20.3 Å². The second kappa shape index (κ2) is 10.1. The standard InChI is InChI=1S/C26H28F2N3O4P/c1-16-4-9-21-22(14-16)31-25(29)24-23(21)19(10-12-30-24)6-5-18-7-8-20(15-17(18)2)35-13-3-11-26(27,28)36(32,33)34/h4,7-10,12,14-15H,3,5-6,11,13H2,1-2H3,(H2,29,31)(H2,32,33,34). The monoisotopic (exact) mass is 515 g/mol. The normalized spacial score (nSPS) is 12.4. The fourth-order valence-corrected chi connectivity index (χ4v) is 4.71. The Labute approximate surface area is 207 Å². The van der Waals surface area contributed by atoms with E-state index in [4.69, 9.17) is 20.3 Å². The number of aromatic nitrogens is 2. The third-order valence-electron chi connectivity index (χ3n) is 6.24. The summed E-state index contributed by atoms with van der Waals surface area (Å²) in [5.74, 6) is 0.923. The van der Waals surface area contributed by atoms with Crippen LogP contribution in [0.4, 0.5) is 14.6 Å². The minimum absolute atomic E-state index is 0.0701. The maximum absolute atomic E-state index is 13.4. The van der Waals surface area contributed by atoms with Gasteiger partial charge in [0.05, 0.1) is 12.1 Å². The largest absolute Gasteiger partial charge is 0.494 e. The first-order chi connectivity index (χ1) is 17.0. The van der Waals surface area contributed by atoms with E-state index in [0.717, 1.165) is 51.4 Å². The zero-order valence-electron chi connectivity index (χ0n) is 20.0. The highest BCUT2D eigenvalue weighted by Gasteiger charge is 2.47. The third kappa shape index (κ3) is 5.48. The second-order valence-corrected chi connectivity index (χ2v) is 10.7. The molecule has 7 nitrogen and oxygen atoms in total. The lowest BCUT2D eigenvalue weighted by Gasteiger charge is -2.17. The van der Waals surface area contributed by atoms with Crippen LogP contribution in [0.1, 0.15) is 35.1 Å². The van der Waals surface area contributed by atoms with Crippen molar-refractivity contribution in [2.45, 2.75) is 45.2 Å². The Morgan fingerprint density at radius 2 is 1.81 bits per heavy atom. The molecule has 0 spiro atoms. The molecule has 0 amide bonds. The summed E-state index contributed by atoms with van der Waals surface area (Å²) in [6.45, 7) is 3.90. The van der Waals surface area contributed by atoms with Gasteiger partial charge in [-0.25, -0.2) is 4.98 Å². The first kappa shape index (κ1) is 25.9. The summed E-state index contributed by atoms with van der Waals surface area (Å²) in [7, 11) is -5.47. The lowest BCUT2D eigenvalue weighted by atomic mass is 9.96. The number of hydrogen-bond acceptors (Lipinski definition) is 5. The Kier molecular flexibility index (Phi) is 7.27. The van der Waals surface area contributed by atoms with Crippen LogP contribution < -0.4 is 10.5 Å². The summed E-state index contributed by atoms with van der Waals surface area (Å²) < 4.78 is 43.1. The first-order valence-electron chi connectivity index (χ1n) is 11.6. The zero-order chi connectivity index (χ0) is 26.1. The van der Waals surface area contributed by atoms with Crippen LogP contribution in [0.3, 0.4) is 0 Å². The van der Waals surface area contributed by atoms with Gasteiger partial charge in [0, 0.05) is 23.4 Å². The number of halogens is 2. The lowest BCUT2D eigenvalue weighted by molar-refractivity contribution is 0.0445. The van der Waals surface area contributed by atoms with Gasteiger partial charge in [0.15, 0.2) is 5.82 Å². The number of pyridine rings is 2. The average molecular weight is 515 g/mol. The number of nitrogens with zero attached hydrogens (tertiary/aromatic N) is 2. The van der Waals surface area contributed by atoms with E-state index in [2.05, 4.69) is 16.0 Å². The molecular weight excluding hydrogens is 487 g/mol. The highest BCUT2D eigenvalue weighted by Crippen LogP contribution is 2.55. The molecule has 0 radical (unpaired) electrons. The van der Waals surface area contributed by atoms with Crippen LogP contribution >= 0.6 is 7.60 Å². The van der Waals surface area contributed by atoms with Gasteiger partial charge in [0.2, 0.25) is 0 Å². The summed E-state index contributed by atoms with van der Waals surface area (Å²) in [4.78, 5) is 26.4. The van der Waals surface area contributed by atoms with E-state index in [-0.39, 0.29) is 13.0 Å². The van der Waals surface area contributed by atoms with Crippen molar-refractivity contribution < 1.29 is 27.9 Å². The molecule has 2 aromatic carbocycles. The van der Waals surface area contributed by atoms with Gasteiger partial charge in [-0.2, -0.15) is 8.78 Å². The molecule has 0 unspecified atom stereocenters. The van der Waals surface area contributed by atoms with Gasteiger partial charge in [-0.15, -0.1) is 0 Å². The quantitative estimate of drug-likeness (QED) is 0.149. The van der Waals surface area contributed by atoms with Crippen LogP contribution in [0.2, 0.25) is 0 Å². The van der Waals surface area contributed by atoms with Gasteiger partial charge in [-0.3, -0.25) is 9.55 Å². The van der Waals surface area contributed by atoms with Gasteiger partial charge in [-0.05, 0) is 79.6 Å². The van der Waals surface area contributed by atoms with Crippen LogP contribution in [0.25, 0.3) is 21.8 Å². The summed E-state index contributed by atoms with van der Waals surface area (Å²) in [5.41, 5.74) is 8.03. The molecule has 4 rings (SSSR count). The van der Waals surface area contributed by atoms with E-state index in [1.54, 1.807) is 12.3 Å². The Morgan fingerprint density at radius 3 is 2.53 bits per heavy atom. The Hall–Kier alpha value is -3.13. The van der Waals surface area contributed by atoms with Crippen LogP contribution in [0.5, 0.6) is 5.75 Å². The molecule has 2 heterocycles. The molecule has 0 atom stereocenters. The first-order valence-corrected chi connectivity index (χ1v) is 13.2. The molecule has 10 heteroatoms. The van der Waals surface area contributed by atoms with Crippen molar-refractivity contribution in [1.82, 2.24) is 9.97 Å². The number of nitrogens with two attached hydrogens (primary N) is 1. The number of benzene rings is 2. The van der Waals surface area contributed by atoms with Gasteiger partial charge in [0.25, 0.3) is 0 Å². The van der Waals surface area contributed by atoms with Crippen molar-refractivity contribution in [3.8, 4) is 5.75 Å². The van der Waals surface area contributed by atoms with E-state index >= 15 is 0 Å². The highest BCUT2D eigenvalue weighted by molar-refractivity contribution is 7.53. The summed E-state index contributed by atoms with van der Waals surface area (Å²) >= 11 is 0. The maximum atomic E-state index is 13.4. The molecule has 0 aliphatic heterocycles. The van der Waals surface area contributed by atoms with Gasteiger partial charge in [0.1, 0.15) is 11.3 Å². The van der Waals surface area contributed by atoms with Crippen LogP contribution in [0.15, 0.2) is 48.7 Å². The number of aryl methyl sites for hydroxylation is 4. The fourth-order valence-electron chi connectivity index (χ4n) is 4.26. The molecule has 36 heavy (non-hydrogen) atoms. The highest BCUT2D eigenvalue weighted by atomic mass is 31.2. The zero-order valence-corrected chi connectivity index (χ0v) is 20.9. The van der Waals surface area contributed by atoms with Crippen molar-refractivity contribution in [1.29, 1.82) is 0 Å². The number of ether oxygens (including phenoxy) is 1. The number of hydrogen-bond donors (Lipinski definition) is 3. The molecule has 0 fully saturated rings. The van der Waals surface area contributed by atoms with E-state index in [9.17, 15) is 13.3 Å². The molecule has 0 aliphatic carbocycles. The average Bonchev–Trinajstić information content (AvgIpc) is 2.80. The molecule has 0 saturated carbocycles. The predicted octanol–water partition coefficient (Wildman–Crippen LogP) is 5.70. The lowest BCUT2D eigenvalue weighted by Crippen LogP contribution is -2.17. The van der Waals surface area contributed by atoms with Crippen molar-refractivity contribution in [2.24, 2.45) is 0 Å². The smallest absolute Gasteiger partial charge is 0.394 e. The third-order valence-corrected chi connectivity index (χ3v) is 7.31. The van der Waals surface area contributed by atoms with E-state index in [0.29, 0.717) is 17.1 Å². The number of anilines is 1. The molecule has 2 aromatic heterocycles. The minimum atomic E-state index is -5.47. The SMILES string of the molecule is Cc1ccc2c(c1)nc(N)c1nccc(CCc3ccc(OCCCC(F)(F)P(=O)(O)O)cc3C)c12. The number of rotatable bonds is 9. The number of fused-ring (bicyclic) bond motifs is 3. The molecule has 4 N–H and O–H groups in total. The van der Waals surface area contributed by atoms with Crippen LogP contribution in [-0.4, -0.2) is 32.0 Å². The molecule has 0 saturated heterocycles. The molecule has 0 bridgehead atoms. The van der Waals surface area contributed by atoms with Crippen molar-refractivity contribution in [2.75, 3.05) is 12.3 Å². The molecule has 4 aromatic rings. The molecule has 0 aliphatic rings. The topological polar surface area (TPSA) is 119 Å². The summed E-state index contributed by atoms with van der Waals surface area (Å²) in [6, 6.07) is 13.7. The fraction of sp³-hybridized carbons (Fsp3) is 0.308. The van der Waals surface area contributed by atoms with E-state index in [1.165, 1.54) is 0 Å². The van der Waals surface area contributed by atoms with Crippen molar-refractivity contribution >= 4 is 35.2 Å². The predicted molar refractivity (Wildman–Crippen MR) is 137 cm³/mol. The Bertz CT molecular complexity index is 1470. The van der Waals surface area contributed by atoms with Gasteiger partial charge >= 0.3 is 13.3 Å². The Morgan fingerprint density at radius 1 is 1.06 bits per heavy atom. The van der Waals surface area contributed by atoms with Crippen LogP contribution in [0, 0.1) is 13.8 Å².